The Morgan fingerprint density at radius 1 is 0.172 bits per heavy atom. The molecule has 0 saturated carbocycles. The average Bonchev–Trinajstić information content (AvgIpc) is 1.61. The van der Waals surface area contributed by atoms with Gasteiger partial charge in [0.05, 0.1) is 46.2 Å². The molecule has 1 aliphatic heterocycles. The first kappa shape index (κ1) is 104. The van der Waals surface area contributed by atoms with E-state index in [1.807, 2.05) is 0 Å². The number of hydrogen-bond acceptors (Lipinski definition) is 8. The maximum absolute atomic E-state index is 9.23. The molecule has 12 heteroatoms. The van der Waals surface area contributed by atoms with E-state index in [4.69, 9.17) is 33.2 Å². The number of aromatic amines is 4. The van der Waals surface area contributed by atoms with Crippen molar-refractivity contribution in [2.45, 2.75) is 414 Å². The lowest BCUT2D eigenvalue weighted by Gasteiger charge is -2.15. The van der Waals surface area contributed by atoms with Gasteiger partial charge in [-0.25, -0.2) is 0 Å². The summed E-state index contributed by atoms with van der Waals surface area (Å²) in [6.07, 6.45) is 70.8. The van der Waals surface area contributed by atoms with Crippen molar-refractivity contribution in [2.75, 3.05) is 52.9 Å². The SMILES string of the molecule is CCCCCCCCCCOc1cc(OCCCCCCCCCC)cc(C2=c3ccc([nH]3)=C(c3ccc(OCCCCCCCCCCCCO)cc3)c3ccc([nH]3)C(c3cc(OCCCCCCCCCC)cc(OCCCCCCCCCC)c3)=c3ccc([nH]3)=C(c3cc(OCCCCCCCCCC)cc(OCCCCCCCCCC)c3)c3ccc2[nH]3)c1. The molecule has 4 aromatic carbocycles. The van der Waals surface area contributed by atoms with Gasteiger partial charge in [-0.1, -0.05) is 375 Å². The summed E-state index contributed by atoms with van der Waals surface area (Å²) in [5.41, 5.74) is 11.8. The van der Waals surface area contributed by atoms with Crippen molar-refractivity contribution in [3.8, 4) is 40.2 Å². The average molecular weight is 1750 g/mol. The molecule has 0 aliphatic carbocycles. The van der Waals surface area contributed by atoms with Gasteiger partial charge in [0.1, 0.15) is 40.2 Å². The zero-order valence-corrected chi connectivity index (χ0v) is 81.6. The first-order valence-corrected chi connectivity index (χ1v) is 53.2. The largest absolute Gasteiger partial charge is 0.494 e. The van der Waals surface area contributed by atoms with Crippen molar-refractivity contribution in [2.24, 2.45) is 0 Å². The van der Waals surface area contributed by atoms with Gasteiger partial charge in [0.2, 0.25) is 0 Å². The zero-order valence-electron chi connectivity index (χ0n) is 81.6. The first-order valence-electron chi connectivity index (χ1n) is 53.2. The Labute approximate surface area is 776 Å². The zero-order chi connectivity index (χ0) is 89.6. The van der Waals surface area contributed by atoms with Crippen molar-refractivity contribution in [3.05, 3.63) is 194 Å². The van der Waals surface area contributed by atoms with Gasteiger partial charge in [-0.15, -0.1) is 0 Å². The van der Waals surface area contributed by atoms with E-state index < -0.39 is 0 Å². The topological polar surface area (TPSA) is 148 Å². The van der Waals surface area contributed by atoms with E-state index in [2.05, 4.69) is 189 Å². The third kappa shape index (κ3) is 39.6. The van der Waals surface area contributed by atoms with Crippen LogP contribution >= 0.6 is 0 Å². The maximum Gasteiger partial charge on any atom is 0.123 e. The molecule has 0 saturated heterocycles. The Bertz CT molecular complexity index is 4340. The predicted octanol–water partition coefficient (Wildman–Crippen LogP) is 30.7. The van der Waals surface area contributed by atoms with Crippen LogP contribution in [0, 0.1) is 0 Å². The van der Waals surface area contributed by atoms with Crippen LogP contribution in [0.1, 0.15) is 459 Å². The standard InChI is InChI=1S/C116H176N4O8/c1-7-13-19-25-31-42-51-59-79-123-99-85-95(86-100(91-99)124-80-60-52-43-32-26-20-14-8-2)114-107-71-69-105(117-107)113(94-65-67-98(68-66-94)122-78-58-50-48-40-38-37-39-41-49-57-77-121)106-70-72-108(118-106)115(96-87-101(125-81-61-53-44-33-27-21-15-9-3)92-102(88-96)126-82-62-54-45-34-28-22-16-10-4)110-74-76-112(120-110)116(111-75-73-109(114)119-111)97-89-103(127-83-63-55-46-35-29-23-17-11-5)93-104(90-97)128-84-64-56-47-36-30-24-18-12-6/h65-76,85-93,117-121H,7-64,77-84H2,1-6H3. The van der Waals surface area contributed by atoms with E-state index in [1.54, 1.807) is 0 Å². The summed E-state index contributed by atoms with van der Waals surface area (Å²) >= 11 is 0. The molecule has 8 aromatic rings. The first-order chi connectivity index (χ1) is 63.3. The normalized spacial score (nSPS) is 12.1. The molecule has 1 aliphatic rings. The van der Waals surface area contributed by atoms with E-state index in [0.717, 1.165) is 232 Å². The Hall–Kier alpha value is -7.96. The lowest BCUT2D eigenvalue weighted by atomic mass is 10.0. The molecular weight excluding hydrogens is 1580 g/mol. The third-order valence-corrected chi connectivity index (χ3v) is 26.0. The number of H-pyrrole nitrogens is 4. The van der Waals surface area contributed by atoms with Crippen LogP contribution in [0.2, 0.25) is 0 Å². The van der Waals surface area contributed by atoms with Crippen LogP contribution in [-0.2, 0) is 0 Å². The summed E-state index contributed by atoms with van der Waals surface area (Å²) in [5.74, 6) is 5.72. The molecule has 4 aromatic heterocycles. The number of fused-ring (bicyclic) bond motifs is 8. The van der Waals surface area contributed by atoms with Gasteiger partial charge in [-0.05, 0) is 171 Å². The highest BCUT2D eigenvalue weighted by Crippen LogP contribution is 2.37. The van der Waals surface area contributed by atoms with Gasteiger partial charge < -0.3 is 58.2 Å². The van der Waals surface area contributed by atoms with Crippen LogP contribution in [-0.4, -0.2) is 77.9 Å². The molecule has 708 valence electrons. The van der Waals surface area contributed by atoms with Crippen molar-refractivity contribution in [1.29, 1.82) is 0 Å². The molecule has 0 fully saturated rings. The number of hydrogen-bond donors (Lipinski definition) is 5. The highest BCUT2D eigenvalue weighted by atomic mass is 16.5. The predicted molar refractivity (Wildman–Crippen MR) is 541 cm³/mol. The number of rotatable bonds is 77. The van der Waals surface area contributed by atoms with E-state index in [-0.39, 0.29) is 0 Å². The fourth-order valence-electron chi connectivity index (χ4n) is 18.3. The molecule has 8 bridgehead atoms. The lowest BCUT2D eigenvalue weighted by molar-refractivity contribution is 0.282. The van der Waals surface area contributed by atoms with E-state index in [1.165, 1.54) is 270 Å². The Morgan fingerprint density at radius 2 is 0.352 bits per heavy atom. The molecule has 0 atom stereocenters. The molecule has 0 spiro atoms. The number of aliphatic hydroxyl groups is 1. The number of aliphatic hydroxyl groups excluding tert-OH is 1. The fraction of sp³-hybridized carbons (Fsp3) is 0.621. The second-order valence-electron chi connectivity index (χ2n) is 37.3. The fourth-order valence-corrected chi connectivity index (χ4v) is 18.3. The molecule has 0 unspecified atom stereocenters. The number of ether oxygens (including phenoxy) is 7. The Morgan fingerprint density at radius 3 is 0.555 bits per heavy atom. The van der Waals surface area contributed by atoms with Crippen LogP contribution in [0.15, 0.2) is 127 Å². The minimum absolute atomic E-state index is 0.305. The minimum Gasteiger partial charge on any atom is -0.494 e. The third-order valence-electron chi connectivity index (χ3n) is 26.0. The van der Waals surface area contributed by atoms with E-state index in [9.17, 15) is 5.11 Å². The van der Waals surface area contributed by atoms with Gasteiger partial charge >= 0.3 is 0 Å². The summed E-state index contributed by atoms with van der Waals surface area (Å²) in [4.78, 5) is 16.7. The van der Waals surface area contributed by atoms with Crippen molar-refractivity contribution < 1.29 is 38.3 Å². The van der Waals surface area contributed by atoms with Crippen molar-refractivity contribution in [1.82, 2.24) is 19.9 Å². The Kier molecular flexibility index (Phi) is 53.2. The summed E-state index contributed by atoms with van der Waals surface area (Å²) in [5, 5.41) is 13.0. The quantitative estimate of drug-likeness (QED) is 0.0237. The molecule has 5 N–H and O–H groups in total. The number of unbranched alkanes of at least 4 members (excludes halogenated alkanes) is 51. The highest BCUT2D eigenvalue weighted by Gasteiger charge is 2.23. The molecule has 12 nitrogen and oxygen atoms in total. The molecule has 0 amide bonds. The summed E-state index contributed by atoms with van der Waals surface area (Å²) in [6.45, 7) is 18.6. The van der Waals surface area contributed by atoms with Gasteiger partial charge in [-0.2, -0.15) is 0 Å². The van der Waals surface area contributed by atoms with Gasteiger partial charge in [0.25, 0.3) is 0 Å². The van der Waals surface area contributed by atoms with E-state index in [0.29, 0.717) is 52.9 Å². The molecule has 0 radical (unpaired) electrons. The van der Waals surface area contributed by atoms with Crippen LogP contribution in [0.3, 0.4) is 0 Å². The van der Waals surface area contributed by atoms with Crippen LogP contribution in [0.25, 0.3) is 22.3 Å². The molecule has 128 heavy (non-hydrogen) atoms. The second kappa shape index (κ2) is 65.6. The smallest absolute Gasteiger partial charge is 0.123 e. The number of aromatic nitrogens is 4. The van der Waals surface area contributed by atoms with Gasteiger partial charge in [0.15, 0.2) is 0 Å². The maximum atomic E-state index is 9.23. The Balaban J connectivity index is 1.22. The van der Waals surface area contributed by atoms with Gasteiger partial charge in [0, 0.05) is 91.3 Å². The highest BCUT2D eigenvalue weighted by molar-refractivity contribution is 5.86. The van der Waals surface area contributed by atoms with Gasteiger partial charge in [-0.3, -0.25) is 0 Å². The molecule has 5 heterocycles. The molecule has 9 rings (SSSR count). The number of nitrogens with one attached hydrogen (secondary N) is 4. The summed E-state index contributed by atoms with van der Waals surface area (Å²) < 4.78 is 48.3. The van der Waals surface area contributed by atoms with Crippen LogP contribution < -0.4 is 54.6 Å². The van der Waals surface area contributed by atoms with Crippen LogP contribution in [0.5, 0.6) is 40.2 Å². The van der Waals surface area contributed by atoms with E-state index >= 15 is 0 Å². The summed E-state index contributed by atoms with van der Waals surface area (Å²) in [7, 11) is 0. The lowest BCUT2D eigenvalue weighted by Crippen LogP contribution is -2.19. The molecular formula is C116H176N4O8. The second-order valence-corrected chi connectivity index (χ2v) is 37.3. The van der Waals surface area contributed by atoms with Crippen LogP contribution in [0.4, 0.5) is 0 Å². The number of benzene rings is 4. The summed E-state index contributed by atoms with van der Waals surface area (Å²) in [6, 6.07) is 46.9. The minimum atomic E-state index is 0.305. The van der Waals surface area contributed by atoms with Crippen molar-refractivity contribution >= 4 is 22.3 Å². The monoisotopic (exact) mass is 1750 g/mol. The van der Waals surface area contributed by atoms with Crippen molar-refractivity contribution in [3.63, 3.8) is 0 Å².